The number of ether oxygens (including phenoxy) is 1. The Hall–Kier alpha value is -3.31. The highest BCUT2D eigenvalue weighted by Crippen LogP contribution is 2.24. The second-order valence-corrected chi connectivity index (χ2v) is 7.84. The van der Waals surface area contributed by atoms with E-state index in [1.54, 1.807) is 11.5 Å². The summed E-state index contributed by atoms with van der Waals surface area (Å²) in [5.74, 6) is 2.10. The van der Waals surface area contributed by atoms with Crippen molar-refractivity contribution in [3.8, 4) is 5.95 Å². The molecule has 11 heteroatoms. The molecule has 0 unspecified atom stereocenters. The third-order valence-electron chi connectivity index (χ3n) is 5.87. The topological polar surface area (TPSA) is 113 Å². The van der Waals surface area contributed by atoms with Gasteiger partial charge in [0.25, 0.3) is 0 Å². The summed E-state index contributed by atoms with van der Waals surface area (Å²) in [6.07, 6.45) is 0. The van der Waals surface area contributed by atoms with Crippen molar-refractivity contribution in [2.45, 2.75) is 13.5 Å². The molecule has 168 valence electrons. The van der Waals surface area contributed by atoms with E-state index in [0.717, 1.165) is 11.0 Å². The van der Waals surface area contributed by atoms with Crippen molar-refractivity contribution in [2.24, 2.45) is 0 Å². The van der Waals surface area contributed by atoms with Gasteiger partial charge in [-0.15, -0.1) is 0 Å². The van der Waals surface area contributed by atoms with Gasteiger partial charge in [-0.1, -0.05) is 12.1 Å². The number of carbonyl (C=O) groups is 1. The zero-order valence-electron chi connectivity index (χ0n) is 18.0. The highest BCUT2D eigenvalue weighted by molar-refractivity contribution is 5.77. The summed E-state index contributed by atoms with van der Waals surface area (Å²) in [7, 11) is 0. The van der Waals surface area contributed by atoms with Crippen molar-refractivity contribution in [2.75, 3.05) is 62.3 Å². The lowest BCUT2D eigenvalue weighted by atomic mass is 10.3. The van der Waals surface area contributed by atoms with Crippen LogP contribution in [0, 0.1) is 0 Å². The van der Waals surface area contributed by atoms with Crippen molar-refractivity contribution in [3.05, 3.63) is 30.1 Å². The fourth-order valence-electron chi connectivity index (χ4n) is 4.12. The van der Waals surface area contributed by atoms with Gasteiger partial charge in [-0.25, -0.2) is 4.98 Å². The van der Waals surface area contributed by atoms with Crippen LogP contribution in [0.2, 0.25) is 0 Å². The van der Waals surface area contributed by atoms with Crippen LogP contribution in [0.5, 0.6) is 0 Å². The number of fused-ring (bicyclic) bond motifs is 1. The molecular formula is C21H26N8O3. The van der Waals surface area contributed by atoms with Gasteiger partial charge in [0, 0.05) is 46.2 Å². The quantitative estimate of drug-likeness (QED) is 0.611. The van der Waals surface area contributed by atoms with Crippen molar-refractivity contribution in [1.29, 1.82) is 0 Å². The van der Waals surface area contributed by atoms with E-state index in [9.17, 15) is 9.90 Å². The van der Waals surface area contributed by atoms with E-state index in [2.05, 4.69) is 14.8 Å². The molecular weight excluding hydrogens is 412 g/mol. The standard InChI is InChI=1S/C21H26N8O3/c1-15(31)26-6-8-27(9-7-26)19-23-20(28-10-12-32-13-11-28)25-21(24-19)29-17-5-3-2-4-16(17)22-18(29)14-30/h2-5,30H,6-14H2,1H3. The van der Waals surface area contributed by atoms with Gasteiger partial charge in [0.15, 0.2) is 0 Å². The Balaban J connectivity index is 1.58. The van der Waals surface area contributed by atoms with Crippen LogP contribution in [0.15, 0.2) is 24.3 Å². The van der Waals surface area contributed by atoms with Gasteiger partial charge in [-0.05, 0) is 12.1 Å². The molecule has 0 atom stereocenters. The number of amides is 1. The first kappa shape index (κ1) is 20.6. The molecule has 0 aliphatic carbocycles. The van der Waals surface area contributed by atoms with Crippen molar-refractivity contribution >= 4 is 28.8 Å². The summed E-state index contributed by atoms with van der Waals surface area (Å²) >= 11 is 0. The number of aliphatic hydroxyl groups excluding tert-OH is 1. The molecule has 2 aromatic heterocycles. The van der Waals surface area contributed by atoms with E-state index >= 15 is 0 Å². The fourth-order valence-corrected chi connectivity index (χ4v) is 4.12. The summed E-state index contributed by atoms with van der Waals surface area (Å²) in [6.45, 7) is 6.50. The number of hydrogen-bond acceptors (Lipinski definition) is 9. The summed E-state index contributed by atoms with van der Waals surface area (Å²) in [4.78, 5) is 36.6. The van der Waals surface area contributed by atoms with E-state index < -0.39 is 0 Å². The van der Waals surface area contributed by atoms with Gasteiger partial charge < -0.3 is 24.5 Å². The zero-order valence-corrected chi connectivity index (χ0v) is 18.0. The molecule has 2 fully saturated rings. The number of morpholine rings is 1. The number of carbonyl (C=O) groups excluding carboxylic acids is 1. The number of imidazole rings is 1. The van der Waals surface area contributed by atoms with Crippen LogP contribution in [-0.2, 0) is 16.1 Å². The fraction of sp³-hybridized carbons (Fsp3) is 0.476. The summed E-state index contributed by atoms with van der Waals surface area (Å²) in [5, 5.41) is 9.97. The number of piperazine rings is 1. The molecule has 0 saturated carbocycles. The van der Waals surface area contributed by atoms with Gasteiger partial charge >= 0.3 is 0 Å². The molecule has 2 saturated heterocycles. The van der Waals surface area contributed by atoms with Crippen LogP contribution in [0.25, 0.3) is 17.0 Å². The number of hydrogen-bond donors (Lipinski definition) is 1. The lowest BCUT2D eigenvalue weighted by Gasteiger charge is -2.35. The lowest BCUT2D eigenvalue weighted by Crippen LogP contribution is -2.49. The average Bonchev–Trinajstić information content (AvgIpc) is 3.23. The molecule has 3 aromatic rings. The number of aliphatic hydroxyl groups is 1. The van der Waals surface area contributed by atoms with Crippen molar-refractivity contribution < 1.29 is 14.6 Å². The molecule has 1 aromatic carbocycles. The number of rotatable bonds is 4. The minimum atomic E-state index is -0.236. The molecule has 4 heterocycles. The largest absolute Gasteiger partial charge is 0.388 e. The van der Waals surface area contributed by atoms with E-state index in [1.165, 1.54) is 0 Å². The Morgan fingerprint density at radius 3 is 2.19 bits per heavy atom. The highest BCUT2D eigenvalue weighted by Gasteiger charge is 2.25. The SMILES string of the molecule is CC(=O)N1CCN(c2nc(N3CCOCC3)nc(-n3c(CO)nc4ccccc43)n2)CC1. The first-order valence-electron chi connectivity index (χ1n) is 10.8. The normalized spacial score (nSPS) is 17.2. The third kappa shape index (κ3) is 3.84. The van der Waals surface area contributed by atoms with Gasteiger partial charge in [0.1, 0.15) is 12.4 Å². The Morgan fingerprint density at radius 1 is 0.906 bits per heavy atom. The Bertz CT molecular complexity index is 1120. The second kappa shape index (κ2) is 8.67. The molecule has 1 amide bonds. The average molecular weight is 438 g/mol. The monoisotopic (exact) mass is 438 g/mol. The summed E-state index contributed by atoms with van der Waals surface area (Å²) in [6, 6.07) is 7.67. The first-order valence-corrected chi connectivity index (χ1v) is 10.8. The van der Waals surface area contributed by atoms with Crippen molar-refractivity contribution in [1.82, 2.24) is 29.4 Å². The second-order valence-electron chi connectivity index (χ2n) is 7.84. The molecule has 2 aliphatic rings. The Kier molecular flexibility index (Phi) is 5.58. The molecule has 11 nitrogen and oxygen atoms in total. The molecule has 1 N–H and O–H groups in total. The smallest absolute Gasteiger partial charge is 0.242 e. The van der Waals surface area contributed by atoms with Gasteiger partial charge in [0.2, 0.25) is 23.8 Å². The predicted octanol–water partition coefficient (Wildman–Crippen LogP) is 0.208. The van der Waals surface area contributed by atoms with Crippen LogP contribution >= 0.6 is 0 Å². The van der Waals surface area contributed by atoms with E-state index in [0.29, 0.717) is 76.2 Å². The molecule has 2 aliphatic heterocycles. The molecule has 32 heavy (non-hydrogen) atoms. The maximum absolute atomic E-state index is 11.7. The van der Waals surface area contributed by atoms with Crippen LogP contribution in [0.4, 0.5) is 11.9 Å². The Labute approximate surface area is 185 Å². The minimum Gasteiger partial charge on any atom is -0.388 e. The maximum atomic E-state index is 11.7. The molecule has 0 bridgehead atoms. The van der Waals surface area contributed by atoms with Crippen molar-refractivity contribution in [3.63, 3.8) is 0 Å². The van der Waals surface area contributed by atoms with Crippen LogP contribution in [0.1, 0.15) is 12.7 Å². The van der Waals surface area contributed by atoms with E-state index in [4.69, 9.17) is 19.7 Å². The number of aromatic nitrogens is 5. The van der Waals surface area contributed by atoms with Crippen LogP contribution < -0.4 is 9.80 Å². The number of para-hydroxylation sites is 2. The molecule has 5 rings (SSSR count). The zero-order chi connectivity index (χ0) is 22.1. The number of nitrogens with zero attached hydrogens (tertiary/aromatic N) is 8. The third-order valence-corrected chi connectivity index (χ3v) is 5.87. The maximum Gasteiger partial charge on any atom is 0.242 e. The minimum absolute atomic E-state index is 0.0764. The highest BCUT2D eigenvalue weighted by atomic mass is 16.5. The summed E-state index contributed by atoms with van der Waals surface area (Å²) < 4.78 is 7.28. The number of anilines is 2. The van der Waals surface area contributed by atoms with E-state index in [1.807, 2.05) is 29.2 Å². The van der Waals surface area contributed by atoms with Gasteiger partial charge in [-0.2, -0.15) is 15.0 Å². The van der Waals surface area contributed by atoms with Gasteiger partial charge in [0.05, 0.1) is 24.2 Å². The van der Waals surface area contributed by atoms with Crippen LogP contribution in [0.3, 0.4) is 0 Å². The molecule has 0 spiro atoms. The lowest BCUT2D eigenvalue weighted by molar-refractivity contribution is -0.129. The Morgan fingerprint density at radius 2 is 1.53 bits per heavy atom. The summed E-state index contributed by atoms with van der Waals surface area (Å²) in [5.41, 5.74) is 1.59. The number of benzene rings is 1. The first-order chi connectivity index (χ1) is 15.6. The van der Waals surface area contributed by atoms with Gasteiger partial charge in [-0.3, -0.25) is 9.36 Å². The predicted molar refractivity (Wildman–Crippen MR) is 118 cm³/mol. The molecule has 0 radical (unpaired) electrons. The van der Waals surface area contributed by atoms with Crippen LogP contribution in [-0.4, -0.2) is 92.9 Å². The van der Waals surface area contributed by atoms with E-state index in [-0.39, 0.29) is 12.5 Å².